The first-order chi connectivity index (χ1) is 9.70. The van der Waals surface area contributed by atoms with Crippen LogP contribution in [0.2, 0.25) is 0 Å². The summed E-state index contributed by atoms with van der Waals surface area (Å²) in [5.74, 6) is 1.35. The number of likely N-dealkylation sites (tertiary alicyclic amines) is 1. The molecule has 1 aromatic rings. The molecule has 4 rings (SSSR count). The number of fused-ring (bicyclic) bond motifs is 2. The Kier molecular flexibility index (Phi) is 2.49. The van der Waals surface area contributed by atoms with Crippen molar-refractivity contribution >= 4 is 11.8 Å². The van der Waals surface area contributed by atoms with Gasteiger partial charge in [0, 0.05) is 37.4 Å². The quantitative estimate of drug-likeness (QED) is 0.813. The van der Waals surface area contributed by atoms with Crippen molar-refractivity contribution in [1.29, 1.82) is 0 Å². The van der Waals surface area contributed by atoms with Gasteiger partial charge in [-0.05, 0) is 23.8 Å². The van der Waals surface area contributed by atoms with Gasteiger partial charge >= 0.3 is 0 Å². The van der Waals surface area contributed by atoms with Gasteiger partial charge in [0.05, 0.1) is 12.6 Å². The molecule has 5 nitrogen and oxygen atoms in total. The van der Waals surface area contributed by atoms with Crippen LogP contribution in [0.3, 0.4) is 0 Å². The molecule has 2 atom stereocenters. The minimum absolute atomic E-state index is 0.0587. The van der Waals surface area contributed by atoms with Crippen molar-refractivity contribution in [3.05, 3.63) is 29.3 Å². The summed E-state index contributed by atoms with van der Waals surface area (Å²) in [6.45, 7) is 2.01. The zero-order valence-electron chi connectivity index (χ0n) is 11.1. The van der Waals surface area contributed by atoms with E-state index in [1.165, 1.54) is 0 Å². The summed E-state index contributed by atoms with van der Waals surface area (Å²) < 4.78 is 5.46. The molecule has 1 N–H and O–H groups in total. The van der Waals surface area contributed by atoms with E-state index in [4.69, 9.17) is 4.74 Å². The standard InChI is InChI=1S/C15H16N2O3/c18-14-6-11-7-17(8-12(11)16-14)15(19)10-1-2-13-9(5-10)3-4-20-13/h1-2,5,11-12H,3-4,6-8H2,(H,16,18)/t11-,12+/m0/s1. The molecule has 2 amide bonds. The van der Waals surface area contributed by atoms with E-state index in [2.05, 4.69) is 5.32 Å². The zero-order chi connectivity index (χ0) is 13.7. The fourth-order valence-corrected chi connectivity index (χ4v) is 3.41. The van der Waals surface area contributed by atoms with Gasteiger partial charge in [0.15, 0.2) is 0 Å². The van der Waals surface area contributed by atoms with Gasteiger partial charge in [-0.1, -0.05) is 0 Å². The summed E-state index contributed by atoms with van der Waals surface area (Å²) in [5, 5.41) is 2.94. The third-order valence-corrected chi connectivity index (χ3v) is 4.46. The average molecular weight is 272 g/mol. The Morgan fingerprint density at radius 2 is 2.25 bits per heavy atom. The molecule has 1 aromatic carbocycles. The Labute approximate surface area is 116 Å². The van der Waals surface area contributed by atoms with Crippen molar-refractivity contribution in [2.24, 2.45) is 5.92 Å². The van der Waals surface area contributed by atoms with Crippen LogP contribution in [0.4, 0.5) is 0 Å². The molecule has 3 aliphatic heterocycles. The van der Waals surface area contributed by atoms with E-state index in [9.17, 15) is 9.59 Å². The monoisotopic (exact) mass is 272 g/mol. The van der Waals surface area contributed by atoms with E-state index in [0.29, 0.717) is 26.1 Å². The number of ether oxygens (including phenoxy) is 1. The topological polar surface area (TPSA) is 58.6 Å². The predicted octanol–water partition coefficient (Wildman–Crippen LogP) is 0.582. The SMILES string of the molecule is O=C1C[C@H]2CN(C(=O)c3ccc4c(c3)CCO4)C[C@H]2N1. The highest BCUT2D eigenvalue weighted by Crippen LogP contribution is 2.29. The van der Waals surface area contributed by atoms with Gasteiger partial charge in [-0.2, -0.15) is 0 Å². The van der Waals surface area contributed by atoms with Crippen molar-refractivity contribution in [2.75, 3.05) is 19.7 Å². The minimum atomic E-state index is 0.0587. The van der Waals surface area contributed by atoms with E-state index < -0.39 is 0 Å². The Morgan fingerprint density at radius 1 is 1.35 bits per heavy atom. The summed E-state index contributed by atoms with van der Waals surface area (Å²) in [6.07, 6.45) is 1.42. The second-order valence-electron chi connectivity index (χ2n) is 5.77. The van der Waals surface area contributed by atoms with Crippen LogP contribution >= 0.6 is 0 Å². The van der Waals surface area contributed by atoms with E-state index in [-0.39, 0.29) is 23.8 Å². The molecule has 5 heteroatoms. The second kappa shape index (κ2) is 4.23. The molecular weight excluding hydrogens is 256 g/mol. The number of nitrogens with one attached hydrogen (secondary N) is 1. The average Bonchev–Trinajstić information content (AvgIpc) is 3.09. The van der Waals surface area contributed by atoms with Crippen molar-refractivity contribution in [3.63, 3.8) is 0 Å². The normalized spacial score (nSPS) is 27.0. The first kappa shape index (κ1) is 11.8. The van der Waals surface area contributed by atoms with E-state index in [1.54, 1.807) is 0 Å². The molecule has 0 spiro atoms. The van der Waals surface area contributed by atoms with E-state index in [1.807, 2.05) is 23.1 Å². The van der Waals surface area contributed by atoms with Crippen LogP contribution in [-0.2, 0) is 11.2 Å². The van der Waals surface area contributed by atoms with Crippen molar-refractivity contribution < 1.29 is 14.3 Å². The molecule has 0 bridgehead atoms. The predicted molar refractivity (Wildman–Crippen MR) is 71.6 cm³/mol. The number of carbonyl (C=O) groups excluding carboxylic acids is 2. The molecule has 0 radical (unpaired) electrons. The second-order valence-corrected chi connectivity index (χ2v) is 5.77. The highest BCUT2D eigenvalue weighted by atomic mass is 16.5. The maximum Gasteiger partial charge on any atom is 0.253 e. The summed E-state index contributed by atoms with van der Waals surface area (Å²) in [7, 11) is 0. The molecule has 3 aliphatic rings. The van der Waals surface area contributed by atoms with Crippen molar-refractivity contribution in [1.82, 2.24) is 10.2 Å². The van der Waals surface area contributed by atoms with Crippen LogP contribution < -0.4 is 10.1 Å². The number of amides is 2. The molecule has 0 saturated carbocycles. The summed E-state index contributed by atoms with van der Waals surface area (Å²) in [5.41, 5.74) is 1.84. The molecule has 3 heterocycles. The lowest BCUT2D eigenvalue weighted by atomic mass is 10.1. The molecule has 0 aromatic heterocycles. The highest BCUT2D eigenvalue weighted by Gasteiger charge is 2.41. The number of rotatable bonds is 1. The Balaban J connectivity index is 1.52. The molecule has 104 valence electrons. The molecular formula is C15H16N2O3. The first-order valence-electron chi connectivity index (χ1n) is 7.05. The molecule has 2 fully saturated rings. The molecule has 2 saturated heterocycles. The van der Waals surface area contributed by atoms with Gasteiger partial charge in [0.2, 0.25) is 5.91 Å². The summed E-state index contributed by atoms with van der Waals surface area (Å²) in [4.78, 5) is 25.7. The maximum atomic E-state index is 12.5. The van der Waals surface area contributed by atoms with Gasteiger partial charge in [-0.15, -0.1) is 0 Å². The molecule has 20 heavy (non-hydrogen) atoms. The summed E-state index contributed by atoms with van der Waals surface area (Å²) >= 11 is 0. The van der Waals surface area contributed by atoms with Gasteiger partial charge in [0.1, 0.15) is 5.75 Å². The molecule has 0 aliphatic carbocycles. The largest absolute Gasteiger partial charge is 0.493 e. The summed E-state index contributed by atoms with van der Waals surface area (Å²) in [6, 6.07) is 5.80. The third kappa shape index (κ3) is 1.77. The van der Waals surface area contributed by atoms with Crippen molar-refractivity contribution in [3.8, 4) is 5.75 Å². The lowest BCUT2D eigenvalue weighted by molar-refractivity contribution is -0.119. The van der Waals surface area contributed by atoms with Crippen LogP contribution in [0, 0.1) is 5.92 Å². The van der Waals surface area contributed by atoms with Gasteiger partial charge < -0.3 is 15.0 Å². The number of hydrogen-bond donors (Lipinski definition) is 1. The first-order valence-corrected chi connectivity index (χ1v) is 7.05. The highest BCUT2D eigenvalue weighted by molar-refractivity contribution is 5.95. The lowest BCUT2D eigenvalue weighted by Gasteiger charge is -2.17. The smallest absolute Gasteiger partial charge is 0.253 e. The van der Waals surface area contributed by atoms with Crippen LogP contribution in [0.5, 0.6) is 5.75 Å². The van der Waals surface area contributed by atoms with Crippen LogP contribution in [-0.4, -0.2) is 42.5 Å². The number of carbonyl (C=O) groups is 2. The van der Waals surface area contributed by atoms with E-state index in [0.717, 1.165) is 23.3 Å². The fraction of sp³-hybridized carbons (Fsp3) is 0.467. The van der Waals surface area contributed by atoms with Crippen LogP contribution in [0.25, 0.3) is 0 Å². The number of nitrogens with zero attached hydrogens (tertiary/aromatic N) is 1. The molecule has 0 unspecified atom stereocenters. The maximum absolute atomic E-state index is 12.5. The zero-order valence-corrected chi connectivity index (χ0v) is 11.1. The Morgan fingerprint density at radius 3 is 3.10 bits per heavy atom. The van der Waals surface area contributed by atoms with E-state index >= 15 is 0 Å². The third-order valence-electron chi connectivity index (χ3n) is 4.46. The van der Waals surface area contributed by atoms with Crippen LogP contribution in [0.1, 0.15) is 22.3 Å². The minimum Gasteiger partial charge on any atom is -0.493 e. The van der Waals surface area contributed by atoms with Gasteiger partial charge in [-0.3, -0.25) is 9.59 Å². The Bertz CT molecular complexity index is 583. The Hall–Kier alpha value is -2.04. The van der Waals surface area contributed by atoms with Gasteiger partial charge in [-0.25, -0.2) is 0 Å². The number of benzene rings is 1. The lowest BCUT2D eigenvalue weighted by Crippen LogP contribution is -2.35. The van der Waals surface area contributed by atoms with Crippen molar-refractivity contribution in [2.45, 2.75) is 18.9 Å². The number of hydrogen-bond acceptors (Lipinski definition) is 3. The van der Waals surface area contributed by atoms with Gasteiger partial charge in [0.25, 0.3) is 5.91 Å². The van der Waals surface area contributed by atoms with Crippen LogP contribution in [0.15, 0.2) is 18.2 Å². The fourth-order valence-electron chi connectivity index (χ4n) is 3.41.